The average molecular weight is 1270 g/mol. The van der Waals surface area contributed by atoms with Gasteiger partial charge in [0.25, 0.3) is 35.8 Å². The van der Waals surface area contributed by atoms with Crippen LogP contribution < -0.4 is 11.4 Å². The van der Waals surface area contributed by atoms with E-state index in [1.807, 2.05) is 91.0 Å². The van der Waals surface area contributed by atoms with Gasteiger partial charge in [0, 0.05) is 40.0 Å². The molecular weight excluding hydrogens is 1200 g/mol. The maximum Gasteiger partial charge on any atom is 0.949 e. The van der Waals surface area contributed by atoms with Crippen LogP contribution in [-0.4, -0.2) is 172 Å². The highest BCUT2D eigenvalue weighted by Gasteiger charge is 2.64. The van der Waals surface area contributed by atoms with Crippen LogP contribution in [0.5, 0.6) is 17.2 Å². The fourth-order valence-corrected chi connectivity index (χ4v) is 27.9. The molecule has 0 aliphatic carbocycles. The van der Waals surface area contributed by atoms with Gasteiger partial charge in [-0.3, -0.25) is 28.8 Å². The van der Waals surface area contributed by atoms with E-state index in [2.05, 4.69) is 20.8 Å². The first-order valence-electron chi connectivity index (χ1n) is 27.3. The van der Waals surface area contributed by atoms with E-state index in [4.69, 9.17) is 59.7 Å². The molecule has 0 amide bonds. The third-order valence-electron chi connectivity index (χ3n) is 10.8. The summed E-state index contributed by atoms with van der Waals surface area (Å²) < 4.78 is 98.4. The van der Waals surface area contributed by atoms with Crippen molar-refractivity contribution in [1.82, 2.24) is 0 Å². The average Bonchev–Trinajstić information content (AvgIpc) is 3.46. The fourth-order valence-electron chi connectivity index (χ4n) is 6.96. The number of carbonyl (C=O) groups is 6. The molecule has 6 rings (SSSR count). The molecule has 0 spiro atoms. The Morgan fingerprint density at radius 2 is 0.506 bits per heavy atom. The molecule has 0 aromatic heterocycles. The number of hydrogen-bond donors (Lipinski definition) is 0. The summed E-state index contributed by atoms with van der Waals surface area (Å²) >= 11 is -24.9. The molecule has 81 heavy (non-hydrogen) atoms. The van der Waals surface area contributed by atoms with Crippen LogP contribution >= 0.6 is 0 Å². The van der Waals surface area contributed by atoms with Crippen LogP contribution in [0, 0.1) is 0 Å². The summed E-state index contributed by atoms with van der Waals surface area (Å²) in [7, 11) is 0. The van der Waals surface area contributed by atoms with Gasteiger partial charge in [0.15, 0.2) is 0 Å². The van der Waals surface area contributed by atoms with Gasteiger partial charge in [0.1, 0.15) is 0 Å². The summed E-state index contributed by atoms with van der Waals surface area (Å²) in [6.07, 6.45) is 16.0. The number of para-hydroxylation sites is 3. The summed E-state index contributed by atoms with van der Waals surface area (Å²) in [6, 6.07) is 28.3. The Kier molecular flexibility index (Phi) is 38.9. The van der Waals surface area contributed by atoms with E-state index in [0.29, 0.717) is 17.2 Å². The molecule has 0 radical (unpaired) electrons. The lowest BCUT2D eigenvalue weighted by atomic mass is 10.1. The number of carbonyl (C=O) groups excluding carboxylic acids is 6. The number of rotatable bonds is 30. The van der Waals surface area contributed by atoms with Crippen molar-refractivity contribution in [1.29, 1.82) is 0 Å². The van der Waals surface area contributed by atoms with Crippen molar-refractivity contribution in [2.75, 3.05) is 0 Å². The van der Waals surface area contributed by atoms with Crippen LogP contribution in [0.3, 0.4) is 0 Å². The molecular formula is C48H69Al9O24. The minimum Gasteiger partial charge on any atom is -0.601 e. The van der Waals surface area contributed by atoms with Gasteiger partial charge in [0.2, 0.25) is 0 Å². The van der Waals surface area contributed by atoms with Crippen LogP contribution in [0.2, 0.25) is 0 Å². The van der Waals surface area contributed by atoms with Gasteiger partial charge in [-0.05, 0) is 55.7 Å². The predicted octanol–water partition coefficient (Wildman–Crippen LogP) is 7.65. The first-order valence-corrected chi connectivity index (χ1v) is 40.1. The molecule has 3 heterocycles. The van der Waals surface area contributed by atoms with E-state index < -0.39 is 172 Å². The minimum atomic E-state index is -2.97. The van der Waals surface area contributed by atoms with Crippen molar-refractivity contribution in [2.24, 2.45) is 0 Å². The SMILES string of the molecule is CC(=O)[O][Al]1[O][Al]([O]C(C)=O)[O][Al]([O]C(C)=O)[O]1.CCCCCCCC(=O)[O][Al]1[O][Al]([O]C(=O)CCCCCCC)[O][Al]([O]C(=O)CCCCCCC)[O]1.c1ccc([O][Al]2[O][Al]([O]c3ccccc3)[O][Al]([O]c3ccccc3)[O]2)cc1. The number of unbranched alkanes of at least 4 members (excludes halogenated alkanes) is 12. The topological polar surface area (TPSA) is 269 Å². The van der Waals surface area contributed by atoms with Gasteiger partial charge in [-0.1, -0.05) is 152 Å². The monoisotopic (exact) mass is 1270 g/mol. The summed E-state index contributed by atoms with van der Waals surface area (Å²) in [6.45, 7) is 9.95. The van der Waals surface area contributed by atoms with Gasteiger partial charge in [-0.2, -0.15) is 0 Å². The molecule has 0 bridgehead atoms. The second kappa shape index (κ2) is 43.9. The Labute approximate surface area is 520 Å². The highest BCUT2D eigenvalue weighted by atomic mass is 27.4. The zero-order valence-electron chi connectivity index (χ0n) is 46.9. The molecule has 3 aliphatic heterocycles. The molecule has 432 valence electrons. The molecule has 24 nitrogen and oxygen atoms in total. The van der Waals surface area contributed by atoms with Gasteiger partial charge < -0.3 is 59.7 Å². The molecule has 3 fully saturated rings. The first kappa shape index (κ1) is 71.8. The molecule has 33 heteroatoms. The van der Waals surface area contributed by atoms with E-state index in [9.17, 15) is 28.8 Å². The normalized spacial score (nSPS) is 14.1. The van der Waals surface area contributed by atoms with Gasteiger partial charge in [-0.25, -0.2) is 0 Å². The third kappa shape index (κ3) is 34.3. The molecule has 0 N–H and O–H groups in total. The molecule has 0 unspecified atom stereocenters. The zero-order valence-corrected chi connectivity index (χ0v) is 57.3. The highest BCUT2D eigenvalue weighted by molar-refractivity contribution is 6.70. The lowest BCUT2D eigenvalue weighted by Crippen LogP contribution is -2.56. The number of benzene rings is 3. The second-order valence-corrected chi connectivity index (χ2v) is 35.0. The van der Waals surface area contributed by atoms with E-state index in [1.165, 1.54) is 20.8 Å². The van der Waals surface area contributed by atoms with Gasteiger partial charge in [0.05, 0.1) is 17.2 Å². The van der Waals surface area contributed by atoms with Crippen LogP contribution in [0.25, 0.3) is 0 Å². The molecule has 0 atom stereocenters. The van der Waals surface area contributed by atoms with Crippen molar-refractivity contribution >= 4 is 172 Å². The standard InChI is InChI=1S/3C8H16O2.3C6H6O.3C2H4O2.9Al.9O/c3*1-2-3-4-5-6-7-8(9)10;3*7-6-4-2-1-3-5-6;3*1-2(3)4;;;;;;;;;;;;;;;;;;/h3*2-7H2,1H3,(H,9,10);3*1-5,7H;3*1H3,(H,3,4);;;;;;;;;;;;;;;;;;/q;;;;;;;;;9*+1;;;;;;;;;/p-9. The summed E-state index contributed by atoms with van der Waals surface area (Å²) in [5, 5.41) is 0. The Morgan fingerprint density at radius 3 is 0.728 bits per heavy atom. The van der Waals surface area contributed by atoms with E-state index in [-0.39, 0.29) is 19.3 Å². The molecule has 3 aliphatic rings. The lowest BCUT2D eigenvalue weighted by Gasteiger charge is -2.27. The molecule has 3 aromatic carbocycles. The summed E-state index contributed by atoms with van der Waals surface area (Å²) in [5.74, 6) is -0.942. The quantitative estimate of drug-likeness (QED) is 0.0458. The molecule has 3 aromatic rings. The van der Waals surface area contributed by atoms with Crippen molar-refractivity contribution in [2.45, 2.75) is 157 Å². The maximum atomic E-state index is 12.3. The predicted molar refractivity (Wildman–Crippen MR) is 296 cm³/mol. The van der Waals surface area contributed by atoms with E-state index >= 15 is 0 Å². The maximum absolute atomic E-state index is 12.3. The third-order valence-corrected chi connectivity index (χ3v) is 31.2. The largest absolute Gasteiger partial charge is 0.949 e. The van der Waals surface area contributed by atoms with Gasteiger partial charge >= 0.3 is 136 Å². The van der Waals surface area contributed by atoms with Crippen molar-refractivity contribution in [3.05, 3.63) is 91.0 Å². The smallest absolute Gasteiger partial charge is 0.601 e. The Morgan fingerprint density at radius 1 is 0.296 bits per heavy atom. The van der Waals surface area contributed by atoms with Crippen LogP contribution in [0.4, 0.5) is 0 Å². The van der Waals surface area contributed by atoms with E-state index in [0.717, 1.165) is 96.3 Å². The molecule has 0 saturated carbocycles. The lowest BCUT2D eigenvalue weighted by molar-refractivity contribution is -0.142. The summed E-state index contributed by atoms with van der Waals surface area (Å²) in [4.78, 5) is 69.2. The minimum absolute atomic E-state index is 0.272. The first-order chi connectivity index (χ1) is 39.2. The second-order valence-electron chi connectivity index (χ2n) is 17.9. The van der Waals surface area contributed by atoms with Crippen LogP contribution in [-0.2, 0) is 77.1 Å². The van der Waals surface area contributed by atoms with E-state index in [1.54, 1.807) is 0 Å². The van der Waals surface area contributed by atoms with Crippen molar-refractivity contribution in [3.63, 3.8) is 0 Å². The molecule has 3 saturated heterocycles. The zero-order chi connectivity index (χ0) is 58.5. The van der Waals surface area contributed by atoms with Gasteiger partial charge in [-0.15, -0.1) is 0 Å². The highest BCUT2D eigenvalue weighted by Crippen LogP contribution is 2.22. The van der Waals surface area contributed by atoms with Crippen LogP contribution in [0.15, 0.2) is 91.0 Å². The number of hydrogen-bond acceptors (Lipinski definition) is 24. The Balaban J connectivity index is 0.000000276. The van der Waals surface area contributed by atoms with Crippen LogP contribution in [0.1, 0.15) is 157 Å². The Hall–Kier alpha value is -1.69. The van der Waals surface area contributed by atoms with Crippen molar-refractivity contribution < 1.29 is 88.4 Å². The fraction of sp³-hybridized carbons (Fsp3) is 0.500. The summed E-state index contributed by atoms with van der Waals surface area (Å²) in [5.41, 5.74) is 0. The van der Waals surface area contributed by atoms with Crippen molar-refractivity contribution in [3.8, 4) is 17.2 Å². The Bertz CT molecular complexity index is 1990.